The Balaban J connectivity index is 2.14. The highest BCUT2D eigenvalue weighted by Gasteiger charge is 2.29. The summed E-state index contributed by atoms with van der Waals surface area (Å²) in [6, 6.07) is 5.58. The number of hydrogen-bond acceptors (Lipinski definition) is 4. The number of fused-ring (bicyclic) bond motifs is 1. The summed E-state index contributed by atoms with van der Waals surface area (Å²) in [6.45, 7) is 1.72. The second kappa shape index (κ2) is 6.35. The molecule has 5 nitrogen and oxygen atoms in total. The number of benzene rings is 1. The third-order valence-corrected chi connectivity index (χ3v) is 3.75. The van der Waals surface area contributed by atoms with Crippen molar-refractivity contribution in [3.63, 3.8) is 0 Å². The number of rotatable bonds is 4. The minimum Gasteiger partial charge on any atom is -0.479 e. The van der Waals surface area contributed by atoms with Gasteiger partial charge in [-0.25, -0.2) is 0 Å². The third kappa shape index (κ3) is 3.47. The van der Waals surface area contributed by atoms with E-state index >= 15 is 0 Å². The molecule has 0 N–H and O–H groups in total. The summed E-state index contributed by atoms with van der Waals surface area (Å²) in [4.78, 5) is 24.7. The van der Waals surface area contributed by atoms with Crippen molar-refractivity contribution in [1.29, 1.82) is 0 Å². The van der Waals surface area contributed by atoms with Crippen LogP contribution in [0.1, 0.15) is 18.9 Å². The van der Waals surface area contributed by atoms with Crippen molar-refractivity contribution >= 4 is 29.2 Å². The van der Waals surface area contributed by atoms with Gasteiger partial charge in [0, 0.05) is 12.4 Å². The molecule has 0 fully saturated rings. The molecule has 21 heavy (non-hydrogen) atoms. The maximum Gasteiger partial charge on any atom is 0.307 e. The highest BCUT2D eigenvalue weighted by molar-refractivity contribution is 6.21. The molecule has 2 atom stereocenters. The van der Waals surface area contributed by atoms with E-state index in [2.05, 4.69) is 4.74 Å². The van der Waals surface area contributed by atoms with Crippen LogP contribution in [-0.2, 0) is 20.7 Å². The molecular formula is C15H18ClNO4. The Bertz CT molecular complexity index is 561. The lowest BCUT2D eigenvalue weighted by molar-refractivity contribution is -0.140. The van der Waals surface area contributed by atoms with Crippen LogP contribution < -0.4 is 9.64 Å². The van der Waals surface area contributed by atoms with E-state index in [1.54, 1.807) is 18.9 Å². The molecule has 2 rings (SSSR count). The molecule has 0 radical (unpaired) electrons. The van der Waals surface area contributed by atoms with Crippen molar-refractivity contribution in [3.05, 3.63) is 23.8 Å². The number of amides is 1. The largest absolute Gasteiger partial charge is 0.479 e. The fourth-order valence-corrected chi connectivity index (χ4v) is 2.58. The monoisotopic (exact) mass is 311 g/mol. The Labute approximate surface area is 128 Å². The first-order valence-corrected chi connectivity index (χ1v) is 7.14. The minimum atomic E-state index is -0.478. The molecular weight excluding hydrogens is 294 g/mol. The number of esters is 1. The van der Waals surface area contributed by atoms with Crippen molar-refractivity contribution in [1.82, 2.24) is 0 Å². The van der Waals surface area contributed by atoms with Crippen LogP contribution >= 0.6 is 11.6 Å². The van der Waals surface area contributed by atoms with Crippen LogP contribution in [0.25, 0.3) is 0 Å². The lowest BCUT2D eigenvalue weighted by Crippen LogP contribution is -2.42. The minimum absolute atomic E-state index is 0.0864. The molecule has 1 aromatic carbocycles. The zero-order valence-electron chi connectivity index (χ0n) is 12.3. The molecule has 0 bridgehead atoms. The molecule has 0 saturated carbocycles. The number of likely N-dealkylation sites (N-methyl/N-ethyl adjacent to an activating group) is 1. The van der Waals surface area contributed by atoms with E-state index in [0.29, 0.717) is 12.2 Å². The number of halogens is 1. The van der Waals surface area contributed by atoms with Gasteiger partial charge in [-0.05, 0) is 31.0 Å². The lowest BCUT2D eigenvalue weighted by atomic mass is 10.0. The number of nitrogens with zero attached hydrogens (tertiary/aromatic N) is 1. The van der Waals surface area contributed by atoms with Gasteiger partial charge in [0.25, 0.3) is 5.91 Å². The summed E-state index contributed by atoms with van der Waals surface area (Å²) >= 11 is 6.15. The maximum atomic E-state index is 11.9. The molecule has 1 amide bonds. The van der Waals surface area contributed by atoms with Crippen LogP contribution in [-0.4, -0.2) is 37.5 Å². The van der Waals surface area contributed by atoms with E-state index in [9.17, 15) is 9.59 Å². The van der Waals surface area contributed by atoms with Gasteiger partial charge >= 0.3 is 5.97 Å². The van der Waals surface area contributed by atoms with Gasteiger partial charge in [-0.3, -0.25) is 9.59 Å². The van der Waals surface area contributed by atoms with E-state index in [1.165, 1.54) is 7.11 Å². The smallest absolute Gasteiger partial charge is 0.307 e. The Morgan fingerprint density at radius 2 is 2.24 bits per heavy atom. The summed E-state index contributed by atoms with van der Waals surface area (Å²) in [5, 5.41) is -0.347. The molecule has 0 aliphatic carbocycles. The van der Waals surface area contributed by atoms with Gasteiger partial charge in [0.1, 0.15) is 5.75 Å². The lowest BCUT2D eigenvalue weighted by Gasteiger charge is -2.30. The van der Waals surface area contributed by atoms with Crippen LogP contribution in [0.5, 0.6) is 5.75 Å². The van der Waals surface area contributed by atoms with Crippen LogP contribution in [0.3, 0.4) is 0 Å². The molecule has 6 heteroatoms. The highest BCUT2D eigenvalue weighted by atomic mass is 35.5. The molecule has 1 aliphatic rings. The zero-order chi connectivity index (χ0) is 15.6. The first-order valence-electron chi connectivity index (χ1n) is 6.70. The summed E-state index contributed by atoms with van der Waals surface area (Å²) in [7, 11) is 3.06. The van der Waals surface area contributed by atoms with Crippen LogP contribution in [0.15, 0.2) is 18.2 Å². The fourth-order valence-electron chi connectivity index (χ4n) is 2.28. The van der Waals surface area contributed by atoms with Gasteiger partial charge in [0.2, 0.25) is 0 Å². The number of ether oxygens (including phenoxy) is 2. The van der Waals surface area contributed by atoms with E-state index in [0.717, 1.165) is 11.3 Å². The summed E-state index contributed by atoms with van der Waals surface area (Å²) < 4.78 is 10.2. The van der Waals surface area contributed by atoms with Crippen LogP contribution in [0, 0.1) is 0 Å². The third-order valence-electron chi connectivity index (χ3n) is 3.44. The van der Waals surface area contributed by atoms with Gasteiger partial charge in [0.05, 0.1) is 19.2 Å². The second-order valence-electron chi connectivity index (χ2n) is 5.04. The van der Waals surface area contributed by atoms with E-state index < -0.39 is 6.10 Å². The normalized spacial score (nSPS) is 18.8. The van der Waals surface area contributed by atoms with Crippen LogP contribution in [0.4, 0.5) is 5.69 Å². The topological polar surface area (TPSA) is 55.8 Å². The summed E-state index contributed by atoms with van der Waals surface area (Å²) in [5.41, 5.74) is 1.66. The van der Waals surface area contributed by atoms with Crippen molar-refractivity contribution in [2.24, 2.45) is 0 Å². The fraction of sp³-hybridized carbons (Fsp3) is 0.467. The summed E-state index contributed by atoms with van der Waals surface area (Å²) in [5.74, 6) is 0.251. The van der Waals surface area contributed by atoms with Gasteiger partial charge in [-0.15, -0.1) is 11.6 Å². The van der Waals surface area contributed by atoms with Crippen molar-refractivity contribution in [3.8, 4) is 5.75 Å². The standard InChI is InChI=1S/C15H18ClNO4/c1-9-15(19)17(2)12-7-10(4-5-13(12)21-9)6-11(16)8-14(18)20-3/h4-5,7,9,11H,6,8H2,1-3H3. The predicted octanol–water partition coefficient (Wildman–Crippen LogP) is 2.14. The molecule has 1 aliphatic heterocycles. The molecule has 0 spiro atoms. The number of carbonyl (C=O) groups excluding carboxylic acids is 2. The first-order chi connectivity index (χ1) is 9.92. The van der Waals surface area contributed by atoms with Gasteiger partial charge < -0.3 is 14.4 Å². The molecule has 1 aromatic rings. The number of alkyl halides is 1. The highest BCUT2D eigenvalue weighted by Crippen LogP contribution is 2.34. The molecule has 1 heterocycles. The molecule has 0 aromatic heterocycles. The van der Waals surface area contributed by atoms with E-state index in [1.807, 2.05) is 18.2 Å². The Kier molecular flexibility index (Phi) is 4.73. The molecule has 114 valence electrons. The van der Waals surface area contributed by atoms with Gasteiger partial charge in [0.15, 0.2) is 6.10 Å². The first kappa shape index (κ1) is 15.6. The van der Waals surface area contributed by atoms with Crippen LogP contribution in [0.2, 0.25) is 0 Å². The number of anilines is 1. The van der Waals surface area contributed by atoms with Crippen molar-refractivity contribution < 1.29 is 19.1 Å². The number of carbonyl (C=O) groups is 2. The SMILES string of the molecule is COC(=O)CC(Cl)Cc1ccc2c(c1)N(C)C(=O)C(C)O2. The molecule has 0 saturated heterocycles. The van der Waals surface area contributed by atoms with Crippen molar-refractivity contribution in [2.75, 3.05) is 19.1 Å². The predicted molar refractivity (Wildman–Crippen MR) is 79.9 cm³/mol. The quantitative estimate of drug-likeness (QED) is 0.631. The Hall–Kier alpha value is -1.75. The number of hydrogen-bond donors (Lipinski definition) is 0. The molecule has 2 unspecified atom stereocenters. The Morgan fingerprint density at radius 1 is 1.52 bits per heavy atom. The average Bonchev–Trinajstić information content (AvgIpc) is 2.45. The maximum absolute atomic E-state index is 11.9. The summed E-state index contributed by atoms with van der Waals surface area (Å²) in [6.07, 6.45) is 0.187. The van der Waals surface area contributed by atoms with Gasteiger partial charge in [-0.2, -0.15) is 0 Å². The van der Waals surface area contributed by atoms with E-state index in [-0.39, 0.29) is 23.7 Å². The van der Waals surface area contributed by atoms with E-state index in [4.69, 9.17) is 16.3 Å². The Morgan fingerprint density at radius 3 is 2.90 bits per heavy atom. The second-order valence-corrected chi connectivity index (χ2v) is 5.66. The van der Waals surface area contributed by atoms with Crippen molar-refractivity contribution in [2.45, 2.75) is 31.2 Å². The average molecular weight is 312 g/mol. The zero-order valence-corrected chi connectivity index (χ0v) is 13.0. The van der Waals surface area contributed by atoms with Gasteiger partial charge in [-0.1, -0.05) is 6.07 Å². The number of methoxy groups -OCH3 is 1.